The number of rotatable bonds is 3. The van der Waals surface area contributed by atoms with Gasteiger partial charge >= 0.3 is 0 Å². The average molecular weight is 372 g/mol. The van der Waals surface area contributed by atoms with Crippen LogP contribution in [0.4, 0.5) is 0 Å². The van der Waals surface area contributed by atoms with Crippen LogP contribution >= 0.6 is 15.9 Å². The minimum atomic E-state index is 0.867. The van der Waals surface area contributed by atoms with E-state index in [1.54, 1.807) is 20.4 Å². The van der Waals surface area contributed by atoms with Gasteiger partial charge < -0.3 is 9.47 Å². The fourth-order valence-electron chi connectivity index (χ4n) is 1.93. The molecular formula is C19H18BrNO2. The van der Waals surface area contributed by atoms with Gasteiger partial charge in [0.25, 0.3) is 0 Å². The molecule has 23 heavy (non-hydrogen) atoms. The summed E-state index contributed by atoms with van der Waals surface area (Å²) in [6.07, 6.45) is 3.61. The third-order valence-electron chi connectivity index (χ3n) is 3.10. The Balaban J connectivity index is 0.000000185. The topological polar surface area (TPSA) is 31.4 Å². The van der Waals surface area contributed by atoms with E-state index in [0.717, 1.165) is 27.1 Å². The monoisotopic (exact) mass is 371 g/mol. The van der Waals surface area contributed by atoms with Crippen LogP contribution in [-0.4, -0.2) is 19.2 Å². The highest BCUT2D eigenvalue weighted by atomic mass is 79.9. The molecule has 0 amide bonds. The molecule has 0 aliphatic rings. The van der Waals surface area contributed by atoms with E-state index in [2.05, 4.69) is 20.9 Å². The lowest BCUT2D eigenvalue weighted by molar-refractivity contribution is 0.414. The van der Waals surface area contributed by atoms with E-state index >= 15 is 0 Å². The van der Waals surface area contributed by atoms with Crippen molar-refractivity contribution in [1.29, 1.82) is 0 Å². The molecule has 0 N–H and O–H groups in total. The highest BCUT2D eigenvalue weighted by molar-refractivity contribution is 9.10. The molecule has 0 bridgehead atoms. The van der Waals surface area contributed by atoms with E-state index < -0.39 is 0 Å². The van der Waals surface area contributed by atoms with Crippen molar-refractivity contribution in [3.63, 3.8) is 0 Å². The molecule has 0 atom stereocenters. The normalized spacial score (nSPS) is 9.52. The molecule has 1 heterocycles. The van der Waals surface area contributed by atoms with Crippen molar-refractivity contribution in [2.45, 2.75) is 0 Å². The second kappa shape index (κ2) is 8.96. The van der Waals surface area contributed by atoms with E-state index in [9.17, 15) is 0 Å². The summed E-state index contributed by atoms with van der Waals surface area (Å²) in [5.74, 6) is 1.75. The molecule has 0 aliphatic carbocycles. The third-order valence-corrected chi connectivity index (χ3v) is 3.59. The molecule has 118 valence electrons. The molecule has 4 heteroatoms. The van der Waals surface area contributed by atoms with Gasteiger partial charge in [-0.2, -0.15) is 0 Å². The molecule has 2 aromatic carbocycles. The minimum absolute atomic E-state index is 0.867. The van der Waals surface area contributed by atoms with Crippen LogP contribution in [0.3, 0.4) is 0 Å². The molecule has 0 radical (unpaired) electrons. The van der Waals surface area contributed by atoms with Crippen molar-refractivity contribution in [1.82, 2.24) is 4.98 Å². The highest BCUT2D eigenvalue weighted by Crippen LogP contribution is 2.22. The van der Waals surface area contributed by atoms with Gasteiger partial charge in [-0.05, 0) is 42.0 Å². The van der Waals surface area contributed by atoms with Gasteiger partial charge in [-0.1, -0.05) is 40.2 Å². The summed E-state index contributed by atoms with van der Waals surface area (Å²) in [5.41, 5.74) is 2.23. The van der Waals surface area contributed by atoms with Gasteiger partial charge in [-0.15, -0.1) is 0 Å². The maximum atomic E-state index is 5.16. The predicted octanol–water partition coefficient (Wildman–Crippen LogP) is 5.21. The molecule has 0 aliphatic heterocycles. The summed E-state index contributed by atoms with van der Waals surface area (Å²) in [5, 5.41) is 0. The molecule has 1 aromatic heterocycles. The summed E-state index contributed by atoms with van der Waals surface area (Å²) in [7, 11) is 3.32. The Morgan fingerprint density at radius 3 is 2.00 bits per heavy atom. The number of hydrogen-bond acceptors (Lipinski definition) is 3. The largest absolute Gasteiger partial charge is 0.497 e. The van der Waals surface area contributed by atoms with E-state index in [0.29, 0.717) is 0 Å². The van der Waals surface area contributed by atoms with E-state index in [-0.39, 0.29) is 0 Å². The zero-order chi connectivity index (χ0) is 16.5. The van der Waals surface area contributed by atoms with Gasteiger partial charge in [0.1, 0.15) is 11.5 Å². The van der Waals surface area contributed by atoms with Crippen LogP contribution in [0.1, 0.15) is 0 Å². The third kappa shape index (κ3) is 5.42. The van der Waals surface area contributed by atoms with Crippen molar-refractivity contribution >= 4 is 15.9 Å². The maximum Gasteiger partial charge on any atom is 0.119 e. The lowest BCUT2D eigenvalue weighted by Gasteiger charge is -2.03. The van der Waals surface area contributed by atoms with Crippen LogP contribution in [-0.2, 0) is 0 Å². The Labute approximate surface area is 145 Å². The first-order chi connectivity index (χ1) is 11.2. The fraction of sp³-hybridized carbons (Fsp3) is 0.105. The van der Waals surface area contributed by atoms with Crippen molar-refractivity contribution in [3.8, 4) is 22.6 Å². The summed E-state index contributed by atoms with van der Waals surface area (Å²) in [4.78, 5) is 4.08. The van der Waals surface area contributed by atoms with Crippen molar-refractivity contribution in [2.75, 3.05) is 14.2 Å². The molecule has 3 rings (SSSR count). The summed E-state index contributed by atoms with van der Waals surface area (Å²) >= 11 is 3.32. The van der Waals surface area contributed by atoms with Crippen LogP contribution in [0.25, 0.3) is 11.1 Å². The zero-order valence-electron chi connectivity index (χ0n) is 13.1. The second-order valence-corrected chi connectivity index (χ2v) is 5.55. The van der Waals surface area contributed by atoms with Gasteiger partial charge in [0.15, 0.2) is 0 Å². The highest BCUT2D eigenvalue weighted by Gasteiger charge is 1.97. The zero-order valence-corrected chi connectivity index (χ0v) is 14.7. The first-order valence-electron chi connectivity index (χ1n) is 7.07. The summed E-state index contributed by atoms with van der Waals surface area (Å²) < 4.78 is 11.2. The van der Waals surface area contributed by atoms with Gasteiger partial charge in [0, 0.05) is 22.4 Å². The number of aromatic nitrogens is 1. The van der Waals surface area contributed by atoms with Gasteiger partial charge in [-0.3, -0.25) is 4.98 Å². The predicted molar refractivity (Wildman–Crippen MR) is 96.9 cm³/mol. The Hall–Kier alpha value is -2.33. The quantitative estimate of drug-likeness (QED) is 0.632. The molecule has 0 unspecified atom stereocenters. The summed E-state index contributed by atoms with van der Waals surface area (Å²) in [6, 6.07) is 19.6. The molecule has 3 nitrogen and oxygen atoms in total. The molecule has 0 fully saturated rings. The average Bonchev–Trinajstić information content (AvgIpc) is 2.63. The van der Waals surface area contributed by atoms with Crippen LogP contribution in [0.5, 0.6) is 11.5 Å². The second-order valence-electron chi connectivity index (χ2n) is 4.64. The van der Waals surface area contributed by atoms with Crippen LogP contribution in [0.2, 0.25) is 0 Å². The lowest BCUT2D eigenvalue weighted by atomic mass is 10.1. The Morgan fingerprint density at radius 1 is 0.783 bits per heavy atom. The maximum absolute atomic E-state index is 5.16. The number of hydrogen-bond donors (Lipinski definition) is 0. The SMILES string of the molecule is COc1cccc(-c2cccnc2)c1.COc1cccc(Br)c1. The summed E-state index contributed by atoms with van der Waals surface area (Å²) in [6.45, 7) is 0. The number of nitrogens with zero attached hydrogens (tertiary/aromatic N) is 1. The van der Waals surface area contributed by atoms with Gasteiger partial charge in [0.05, 0.1) is 14.2 Å². The first-order valence-corrected chi connectivity index (χ1v) is 7.86. The first kappa shape index (κ1) is 17.0. The van der Waals surface area contributed by atoms with Crippen LogP contribution in [0.15, 0.2) is 77.5 Å². The Kier molecular flexibility index (Phi) is 6.63. The molecule has 3 aromatic rings. The van der Waals surface area contributed by atoms with Crippen LogP contribution < -0.4 is 9.47 Å². The van der Waals surface area contributed by atoms with Gasteiger partial charge in [0.2, 0.25) is 0 Å². The number of ether oxygens (including phenoxy) is 2. The van der Waals surface area contributed by atoms with Crippen LogP contribution in [0, 0.1) is 0 Å². The molecule has 0 spiro atoms. The fourth-order valence-corrected chi connectivity index (χ4v) is 2.31. The van der Waals surface area contributed by atoms with Crippen molar-refractivity contribution in [2.24, 2.45) is 0 Å². The molecule has 0 saturated carbocycles. The number of methoxy groups -OCH3 is 2. The smallest absolute Gasteiger partial charge is 0.119 e. The lowest BCUT2D eigenvalue weighted by Crippen LogP contribution is -1.83. The number of pyridine rings is 1. The Bertz CT molecular complexity index is 732. The number of halogens is 1. The van der Waals surface area contributed by atoms with Crippen molar-refractivity contribution in [3.05, 3.63) is 77.5 Å². The standard InChI is InChI=1S/C12H11NO.C7H7BrO/c1-14-12-6-2-4-10(8-12)11-5-3-7-13-9-11;1-9-7-4-2-3-6(8)5-7/h2-9H,1H3;2-5H,1H3. The van der Waals surface area contributed by atoms with E-state index in [4.69, 9.17) is 9.47 Å². The molecule has 0 saturated heterocycles. The molecular weight excluding hydrogens is 354 g/mol. The number of benzene rings is 2. The minimum Gasteiger partial charge on any atom is -0.497 e. The van der Waals surface area contributed by atoms with E-state index in [1.165, 1.54) is 0 Å². The Morgan fingerprint density at radius 2 is 1.43 bits per heavy atom. The van der Waals surface area contributed by atoms with E-state index in [1.807, 2.05) is 66.9 Å². The van der Waals surface area contributed by atoms with Crippen molar-refractivity contribution < 1.29 is 9.47 Å². The van der Waals surface area contributed by atoms with Gasteiger partial charge in [-0.25, -0.2) is 0 Å².